The van der Waals surface area contributed by atoms with Crippen molar-refractivity contribution < 1.29 is 0 Å². The smallest absolute Gasteiger partial charge is 0.0304 e. The molecular formula is C19H17P. The fraction of sp³-hybridized carbons (Fsp3) is 0.0526. The molecule has 1 unspecified atom stereocenters. The van der Waals surface area contributed by atoms with Gasteiger partial charge < -0.3 is 0 Å². The van der Waals surface area contributed by atoms with Gasteiger partial charge in [0.1, 0.15) is 0 Å². The molecule has 98 valence electrons. The molecule has 3 aromatic carbocycles. The molecule has 0 heterocycles. The second kappa shape index (κ2) is 6.50. The molecular weight excluding hydrogens is 259 g/mol. The maximum Gasteiger partial charge on any atom is 0.0304 e. The van der Waals surface area contributed by atoms with Crippen LogP contribution in [0.2, 0.25) is 0 Å². The number of benzene rings is 3. The minimum absolute atomic E-state index is 0.444. The Balaban J connectivity index is 1.96. The van der Waals surface area contributed by atoms with Crippen LogP contribution in [0, 0.1) is 0 Å². The van der Waals surface area contributed by atoms with Crippen molar-refractivity contribution in [3.8, 4) is 0 Å². The minimum Gasteiger partial charge on any atom is -0.0781 e. The monoisotopic (exact) mass is 276 g/mol. The van der Waals surface area contributed by atoms with Gasteiger partial charge in [-0.15, -0.1) is 0 Å². The molecule has 0 radical (unpaired) electrons. The van der Waals surface area contributed by atoms with Gasteiger partial charge in [-0.2, -0.15) is 0 Å². The first-order valence-corrected chi connectivity index (χ1v) is 7.93. The molecule has 20 heavy (non-hydrogen) atoms. The summed E-state index contributed by atoms with van der Waals surface area (Å²) < 4.78 is 0. The molecule has 0 bridgehead atoms. The summed E-state index contributed by atoms with van der Waals surface area (Å²) >= 11 is 0. The van der Waals surface area contributed by atoms with Gasteiger partial charge in [0.2, 0.25) is 0 Å². The normalized spacial score (nSPS) is 11.2. The van der Waals surface area contributed by atoms with E-state index in [0.717, 1.165) is 8.58 Å². The SMILES string of the molecule is c1ccc(PC(c2ccccc2)c2ccccc2)cc1. The van der Waals surface area contributed by atoms with Crippen molar-refractivity contribution in [3.63, 3.8) is 0 Å². The van der Waals surface area contributed by atoms with E-state index in [1.807, 2.05) is 0 Å². The summed E-state index contributed by atoms with van der Waals surface area (Å²) in [5.74, 6) is 0. The molecule has 1 heteroatoms. The van der Waals surface area contributed by atoms with Gasteiger partial charge in [-0.25, -0.2) is 0 Å². The molecule has 0 aliphatic rings. The van der Waals surface area contributed by atoms with Gasteiger partial charge in [0.25, 0.3) is 0 Å². The maximum atomic E-state index is 2.23. The highest BCUT2D eigenvalue weighted by Gasteiger charge is 2.14. The van der Waals surface area contributed by atoms with Crippen LogP contribution in [-0.4, -0.2) is 0 Å². The Bertz CT molecular complexity index is 593. The third-order valence-corrected chi connectivity index (χ3v) is 4.97. The van der Waals surface area contributed by atoms with Gasteiger partial charge >= 0.3 is 0 Å². The van der Waals surface area contributed by atoms with Crippen LogP contribution in [0.4, 0.5) is 0 Å². The first kappa shape index (κ1) is 13.1. The molecule has 0 fully saturated rings. The summed E-state index contributed by atoms with van der Waals surface area (Å²) in [4.78, 5) is 0. The van der Waals surface area contributed by atoms with Crippen molar-refractivity contribution in [1.82, 2.24) is 0 Å². The first-order valence-electron chi connectivity index (χ1n) is 6.85. The van der Waals surface area contributed by atoms with E-state index in [9.17, 15) is 0 Å². The van der Waals surface area contributed by atoms with Gasteiger partial charge in [0.15, 0.2) is 0 Å². The van der Waals surface area contributed by atoms with Crippen LogP contribution in [-0.2, 0) is 0 Å². The van der Waals surface area contributed by atoms with Crippen molar-refractivity contribution in [3.05, 3.63) is 102 Å². The Hall–Kier alpha value is -1.91. The Labute approximate surface area is 122 Å². The second-order valence-corrected chi connectivity index (χ2v) is 6.21. The highest BCUT2D eigenvalue weighted by molar-refractivity contribution is 7.47. The summed E-state index contributed by atoms with van der Waals surface area (Å²) in [5, 5.41) is 1.41. The Morgan fingerprint density at radius 3 is 1.35 bits per heavy atom. The second-order valence-electron chi connectivity index (χ2n) is 4.76. The Morgan fingerprint density at radius 1 is 0.500 bits per heavy atom. The highest BCUT2D eigenvalue weighted by Crippen LogP contribution is 2.39. The molecule has 0 aliphatic carbocycles. The van der Waals surface area contributed by atoms with Crippen LogP contribution in [0.3, 0.4) is 0 Å². The zero-order chi connectivity index (χ0) is 13.6. The lowest BCUT2D eigenvalue weighted by Crippen LogP contribution is -2.01. The van der Waals surface area contributed by atoms with E-state index in [0.29, 0.717) is 5.66 Å². The summed E-state index contributed by atoms with van der Waals surface area (Å²) in [6, 6.07) is 32.3. The van der Waals surface area contributed by atoms with Crippen molar-refractivity contribution in [1.29, 1.82) is 0 Å². The molecule has 3 rings (SSSR count). The van der Waals surface area contributed by atoms with E-state index in [1.54, 1.807) is 0 Å². The van der Waals surface area contributed by atoms with E-state index in [2.05, 4.69) is 91.0 Å². The van der Waals surface area contributed by atoms with E-state index in [4.69, 9.17) is 0 Å². The van der Waals surface area contributed by atoms with Gasteiger partial charge in [0, 0.05) is 5.66 Å². The quantitative estimate of drug-likeness (QED) is 0.602. The van der Waals surface area contributed by atoms with E-state index in [1.165, 1.54) is 16.4 Å². The molecule has 3 aromatic rings. The molecule has 0 N–H and O–H groups in total. The van der Waals surface area contributed by atoms with Crippen LogP contribution in [0.5, 0.6) is 0 Å². The Kier molecular flexibility index (Phi) is 4.25. The average molecular weight is 276 g/mol. The fourth-order valence-corrected chi connectivity index (χ4v) is 3.79. The lowest BCUT2D eigenvalue weighted by Gasteiger charge is -2.18. The first-order chi connectivity index (χ1) is 9.93. The zero-order valence-corrected chi connectivity index (χ0v) is 12.2. The topological polar surface area (TPSA) is 0 Å². The lowest BCUT2D eigenvalue weighted by atomic mass is 10.0. The maximum absolute atomic E-state index is 2.23. The summed E-state index contributed by atoms with van der Waals surface area (Å²) in [6.45, 7) is 0. The van der Waals surface area contributed by atoms with E-state index >= 15 is 0 Å². The molecule has 0 aliphatic heterocycles. The minimum atomic E-state index is 0.444. The largest absolute Gasteiger partial charge is 0.0781 e. The fourth-order valence-electron chi connectivity index (χ4n) is 2.35. The molecule has 0 spiro atoms. The van der Waals surface area contributed by atoms with Gasteiger partial charge in [-0.1, -0.05) is 99.6 Å². The van der Waals surface area contributed by atoms with Gasteiger partial charge in [-0.05, 0) is 16.4 Å². The lowest BCUT2D eigenvalue weighted by molar-refractivity contribution is 1.15. The van der Waals surface area contributed by atoms with Gasteiger partial charge in [-0.3, -0.25) is 0 Å². The standard InChI is InChI=1S/C19H17P/c1-4-10-16(11-5-1)19(17-12-6-2-7-13-17)20-18-14-8-3-9-15-18/h1-15,19-20H. The zero-order valence-electron chi connectivity index (χ0n) is 11.2. The molecule has 0 aromatic heterocycles. The summed E-state index contributed by atoms with van der Waals surface area (Å²) in [5.41, 5.74) is 3.22. The van der Waals surface area contributed by atoms with E-state index < -0.39 is 0 Å². The molecule has 0 saturated carbocycles. The number of rotatable bonds is 4. The van der Waals surface area contributed by atoms with Crippen molar-refractivity contribution >= 4 is 13.9 Å². The van der Waals surface area contributed by atoms with Crippen LogP contribution in [0.25, 0.3) is 0 Å². The number of hydrogen-bond acceptors (Lipinski definition) is 0. The molecule has 0 saturated heterocycles. The van der Waals surface area contributed by atoms with Crippen molar-refractivity contribution in [2.24, 2.45) is 0 Å². The summed E-state index contributed by atoms with van der Waals surface area (Å²) in [7, 11) is 0.750. The van der Waals surface area contributed by atoms with Crippen molar-refractivity contribution in [2.75, 3.05) is 0 Å². The Morgan fingerprint density at radius 2 is 0.900 bits per heavy atom. The predicted octanol–water partition coefficient (Wildman–Crippen LogP) is 4.78. The van der Waals surface area contributed by atoms with Crippen LogP contribution in [0.1, 0.15) is 16.8 Å². The highest BCUT2D eigenvalue weighted by atomic mass is 31.1. The van der Waals surface area contributed by atoms with Crippen molar-refractivity contribution in [2.45, 2.75) is 5.66 Å². The van der Waals surface area contributed by atoms with Crippen LogP contribution < -0.4 is 5.30 Å². The molecule has 0 amide bonds. The summed E-state index contributed by atoms with van der Waals surface area (Å²) in [6.07, 6.45) is 0. The molecule has 1 atom stereocenters. The predicted molar refractivity (Wildman–Crippen MR) is 89.1 cm³/mol. The van der Waals surface area contributed by atoms with E-state index in [-0.39, 0.29) is 0 Å². The third-order valence-electron chi connectivity index (χ3n) is 3.35. The third kappa shape index (κ3) is 3.15. The average Bonchev–Trinajstić information content (AvgIpc) is 2.55. The van der Waals surface area contributed by atoms with Crippen LogP contribution >= 0.6 is 8.58 Å². The molecule has 0 nitrogen and oxygen atoms in total. The number of hydrogen-bond donors (Lipinski definition) is 0. The van der Waals surface area contributed by atoms with Crippen LogP contribution in [0.15, 0.2) is 91.0 Å². The van der Waals surface area contributed by atoms with Gasteiger partial charge in [0.05, 0.1) is 0 Å².